The lowest BCUT2D eigenvalue weighted by molar-refractivity contribution is 1.18. The monoisotopic (exact) mass is 707 g/mol. The van der Waals surface area contributed by atoms with Crippen LogP contribution in [0.15, 0.2) is 175 Å². The number of aromatic nitrogens is 1. The predicted octanol–water partition coefficient (Wildman–Crippen LogP) is 15.2. The maximum atomic E-state index is 2.50. The Balaban J connectivity index is 1.28. The molecule has 0 saturated heterocycles. The molecule has 0 saturated carbocycles. The minimum absolute atomic E-state index is 1.17. The largest absolute Gasteiger partial charge is 0.309 e. The van der Waals surface area contributed by atoms with Crippen LogP contribution in [0.4, 0.5) is 0 Å². The molecule has 0 atom stereocenters. The summed E-state index contributed by atoms with van der Waals surface area (Å²) in [5.74, 6) is 0. The van der Waals surface area contributed by atoms with Gasteiger partial charge < -0.3 is 4.57 Å². The molecule has 1 nitrogen and oxygen atoms in total. The number of thiophene rings is 2. The maximum Gasteiger partial charge on any atom is 0.0541 e. The second kappa shape index (κ2) is 11.1. The van der Waals surface area contributed by atoms with E-state index in [0.29, 0.717) is 0 Å². The molecular weight excluding hydrogens is 679 g/mol. The second-order valence-electron chi connectivity index (χ2n) is 14.1. The Labute approximate surface area is 313 Å². The minimum atomic E-state index is 1.17. The first-order chi connectivity index (χ1) is 26.3. The van der Waals surface area contributed by atoms with Crippen molar-refractivity contribution in [2.45, 2.75) is 0 Å². The van der Waals surface area contributed by atoms with Crippen molar-refractivity contribution in [3.05, 3.63) is 175 Å². The van der Waals surface area contributed by atoms with Crippen LogP contribution < -0.4 is 0 Å². The van der Waals surface area contributed by atoms with Gasteiger partial charge in [0.25, 0.3) is 0 Å². The summed E-state index contributed by atoms with van der Waals surface area (Å²) in [4.78, 5) is 0. The van der Waals surface area contributed by atoms with Crippen LogP contribution in [0.2, 0.25) is 0 Å². The smallest absolute Gasteiger partial charge is 0.0541 e. The fourth-order valence-corrected chi connectivity index (χ4v) is 10.8. The molecule has 0 aliphatic heterocycles. The summed E-state index contributed by atoms with van der Waals surface area (Å²) in [7, 11) is 0. The standard InChI is InChI=1S/C50H29NS2/c1-2-12-35(13-3-1)51-44-16-8-6-14-36(44)40-26-34(20-21-45(40)51)50-42-27-41-37-15-7-9-17-46(37)53-48(41)28-39(42)38-25-32-22-23-52-47(32)29-43(38)49(50)33-19-18-30-10-4-5-11-31(30)24-33/h1-29H. The average molecular weight is 708 g/mol. The lowest BCUT2D eigenvalue weighted by Crippen LogP contribution is -1.94. The van der Waals surface area contributed by atoms with E-state index >= 15 is 0 Å². The van der Waals surface area contributed by atoms with E-state index < -0.39 is 0 Å². The predicted molar refractivity (Wildman–Crippen MR) is 232 cm³/mol. The first-order valence-corrected chi connectivity index (χ1v) is 19.8. The number of nitrogens with zero attached hydrogens (tertiary/aromatic N) is 1. The van der Waals surface area contributed by atoms with Crippen molar-refractivity contribution in [1.82, 2.24) is 4.57 Å². The van der Waals surface area contributed by atoms with Crippen LogP contribution >= 0.6 is 22.7 Å². The lowest BCUT2D eigenvalue weighted by atomic mass is 9.83. The van der Waals surface area contributed by atoms with Crippen molar-refractivity contribution < 1.29 is 0 Å². The van der Waals surface area contributed by atoms with Crippen LogP contribution in [-0.4, -0.2) is 4.57 Å². The molecule has 3 aromatic heterocycles. The third kappa shape index (κ3) is 4.29. The Morgan fingerprint density at radius 2 is 1.02 bits per heavy atom. The van der Waals surface area contributed by atoms with Crippen LogP contribution in [0.25, 0.3) is 112 Å². The van der Waals surface area contributed by atoms with E-state index in [2.05, 4.69) is 180 Å². The average Bonchev–Trinajstić information content (AvgIpc) is 3.92. The Hall–Kier alpha value is -6.26. The molecule has 12 rings (SSSR count). The summed E-state index contributed by atoms with van der Waals surface area (Å²) >= 11 is 3.72. The van der Waals surface area contributed by atoms with Crippen molar-refractivity contribution in [2.24, 2.45) is 0 Å². The topological polar surface area (TPSA) is 4.93 Å². The first kappa shape index (κ1) is 29.3. The zero-order valence-electron chi connectivity index (χ0n) is 28.5. The second-order valence-corrected chi connectivity index (χ2v) is 16.1. The molecule has 0 aliphatic carbocycles. The molecule has 9 aromatic carbocycles. The van der Waals surface area contributed by atoms with Gasteiger partial charge in [0.05, 0.1) is 11.0 Å². The highest BCUT2D eigenvalue weighted by molar-refractivity contribution is 7.25. The van der Waals surface area contributed by atoms with E-state index in [1.165, 1.54) is 112 Å². The van der Waals surface area contributed by atoms with Crippen LogP contribution in [0.5, 0.6) is 0 Å². The summed E-state index contributed by atoms with van der Waals surface area (Å²) in [6, 6.07) is 63.5. The van der Waals surface area contributed by atoms with Crippen LogP contribution in [0.1, 0.15) is 0 Å². The van der Waals surface area contributed by atoms with E-state index in [4.69, 9.17) is 0 Å². The fraction of sp³-hybridized carbons (Fsp3) is 0. The van der Waals surface area contributed by atoms with Crippen LogP contribution in [0.3, 0.4) is 0 Å². The van der Waals surface area contributed by atoms with Gasteiger partial charge in [0.1, 0.15) is 0 Å². The molecule has 0 unspecified atom stereocenters. The van der Waals surface area contributed by atoms with Gasteiger partial charge in [-0.1, -0.05) is 97.1 Å². The molecule has 3 heterocycles. The van der Waals surface area contributed by atoms with Crippen molar-refractivity contribution in [3.63, 3.8) is 0 Å². The van der Waals surface area contributed by atoms with E-state index in [1.54, 1.807) is 0 Å². The van der Waals surface area contributed by atoms with Gasteiger partial charge in [-0.3, -0.25) is 0 Å². The molecule has 12 aromatic rings. The number of benzene rings is 9. The van der Waals surface area contributed by atoms with E-state index in [1.807, 2.05) is 22.7 Å². The van der Waals surface area contributed by atoms with Gasteiger partial charge in [-0.15, -0.1) is 22.7 Å². The molecule has 0 radical (unpaired) electrons. The Morgan fingerprint density at radius 1 is 0.340 bits per heavy atom. The molecule has 3 heteroatoms. The van der Waals surface area contributed by atoms with Gasteiger partial charge in [0, 0.05) is 41.3 Å². The molecule has 0 aliphatic rings. The number of hydrogen-bond acceptors (Lipinski definition) is 2. The fourth-order valence-electron chi connectivity index (χ4n) is 8.84. The minimum Gasteiger partial charge on any atom is -0.309 e. The van der Waals surface area contributed by atoms with E-state index in [-0.39, 0.29) is 0 Å². The van der Waals surface area contributed by atoms with Gasteiger partial charge in [0.2, 0.25) is 0 Å². The summed E-state index contributed by atoms with van der Waals surface area (Å²) in [5, 5.41) is 16.4. The molecule has 0 bridgehead atoms. The van der Waals surface area contributed by atoms with Gasteiger partial charge in [-0.2, -0.15) is 0 Å². The highest BCUT2D eigenvalue weighted by Gasteiger charge is 2.22. The molecule has 0 fully saturated rings. The van der Waals surface area contributed by atoms with Crippen molar-refractivity contribution in [2.75, 3.05) is 0 Å². The highest BCUT2D eigenvalue weighted by atomic mass is 32.1. The highest BCUT2D eigenvalue weighted by Crippen LogP contribution is 2.50. The third-order valence-electron chi connectivity index (χ3n) is 11.2. The molecule has 0 spiro atoms. The quantitative estimate of drug-likeness (QED) is 0.161. The number of fused-ring (bicyclic) bond motifs is 11. The molecule has 246 valence electrons. The molecule has 0 N–H and O–H groups in total. The summed E-state index contributed by atoms with van der Waals surface area (Å²) in [6.07, 6.45) is 0. The molecular formula is C50H29NS2. The maximum absolute atomic E-state index is 2.50. The zero-order chi connectivity index (χ0) is 34.6. The normalized spacial score (nSPS) is 12.2. The van der Waals surface area contributed by atoms with Gasteiger partial charge >= 0.3 is 0 Å². The molecule has 53 heavy (non-hydrogen) atoms. The van der Waals surface area contributed by atoms with Crippen LogP contribution in [0, 0.1) is 0 Å². The first-order valence-electron chi connectivity index (χ1n) is 18.1. The Kier molecular flexibility index (Phi) is 6.15. The van der Waals surface area contributed by atoms with Gasteiger partial charge in [-0.05, 0) is 138 Å². The summed E-state index contributed by atoms with van der Waals surface area (Å²) in [5.41, 5.74) is 8.65. The van der Waals surface area contributed by atoms with E-state index in [9.17, 15) is 0 Å². The third-order valence-corrected chi connectivity index (χ3v) is 13.2. The number of hydrogen-bond donors (Lipinski definition) is 0. The zero-order valence-corrected chi connectivity index (χ0v) is 30.1. The van der Waals surface area contributed by atoms with Gasteiger partial charge in [0.15, 0.2) is 0 Å². The lowest BCUT2D eigenvalue weighted by Gasteiger charge is -2.20. The SMILES string of the molecule is c1ccc(-n2c3ccccc3c3cc(-c4c(-c5ccc6ccccc6c5)c5cc6sccc6cc5c5cc6sc7ccccc7c6cc45)ccc32)cc1. The number of para-hydroxylation sites is 2. The van der Waals surface area contributed by atoms with E-state index in [0.717, 1.165) is 0 Å². The number of rotatable bonds is 3. The van der Waals surface area contributed by atoms with Crippen molar-refractivity contribution in [3.8, 4) is 27.9 Å². The summed E-state index contributed by atoms with van der Waals surface area (Å²) in [6.45, 7) is 0. The molecule has 0 amide bonds. The van der Waals surface area contributed by atoms with Crippen molar-refractivity contribution in [1.29, 1.82) is 0 Å². The van der Waals surface area contributed by atoms with Crippen molar-refractivity contribution >= 4 is 107 Å². The Morgan fingerprint density at radius 3 is 1.92 bits per heavy atom. The van der Waals surface area contributed by atoms with Gasteiger partial charge in [-0.25, -0.2) is 0 Å². The van der Waals surface area contributed by atoms with Crippen LogP contribution in [-0.2, 0) is 0 Å². The Bertz CT molecular complexity index is 3450. The summed E-state index contributed by atoms with van der Waals surface area (Å²) < 4.78 is 6.38.